The van der Waals surface area contributed by atoms with Crippen LogP contribution in [-0.2, 0) is 0 Å². The highest BCUT2D eigenvalue weighted by Gasteiger charge is 2.38. The van der Waals surface area contributed by atoms with Crippen LogP contribution in [0.2, 0.25) is 0 Å². The summed E-state index contributed by atoms with van der Waals surface area (Å²) in [5.41, 5.74) is 0. The van der Waals surface area contributed by atoms with Gasteiger partial charge >= 0.3 is 0 Å². The van der Waals surface area contributed by atoms with E-state index in [1.807, 2.05) is 0 Å². The van der Waals surface area contributed by atoms with Crippen LogP contribution in [0.3, 0.4) is 0 Å². The third-order valence-corrected chi connectivity index (χ3v) is 6.06. The fourth-order valence-electron chi connectivity index (χ4n) is 5.13. The van der Waals surface area contributed by atoms with E-state index >= 15 is 0 Å². The van der Waals surface area contributed by atoms with Gasteiger partial charge in [0.2, 0.25) is 0 Å². The monoisotopic (exact) mass is 247 g/mol. The van der Waals surface area contributed by atoms with E-state index < -0.39 is 0 Å². The molecular weight excluding hydrogens is 216 g/mol. The summed E-state index contributed by atoms with van der Waals surface area (Å²) in [7, 11) is 0. The number of hydrogen-bond donors (Lipinski definition) is 0. The molecule has 0 heteroatoms. The quantitative estimate of drug-likeness (QED) is 0.532. The van der Waals surface area contributed by atoms with Gasteiger partial charge in [-0.05, 0) is 49.4 Å². The van der Waals surface area contributed by atoms with Crippen molar-refractivity contribution in [3.63, 3.8) is 0 Å². The zero-order valence-electron chi connectivity index (χ0n) is 12.1. The Balaban J connectivity index is 1.62. The predicted molar refractivity (Wildman–Crippen MR) is 78.4 cm³/mol. The molecule has 0 bridgehead atoms. The number of rotatable bonds is 2. The molecule has 3 rings (SSSR count). The highest BCUT2D eigenvalue weighted by molar-refractivity contribution is 5.08. The van der Waals surface area contributed by atoms with Crippen molar-refractivity contribution in [2.75, 3.05) is 0 Å². The Kier molecular flexibility index (Phi) is 4.65. The van der Waals surface area contributed by atoms with Crippen LogP contribution in [0.4, 0.5) is 0 Å². The van der Waals surface area contributed by atoms with Crippen LogP contribution in [-0.4, -0.2) is 0 Å². The zero-order valence-corrected chi connectivity index (χ0v) is 12.1. The molecule has 3 saturated carbocycles. The molecule has 1 atom stereocenters. The minimum absolute atomic E-state index is 1.05. The van der Waals surface area contributed by atoms with Crippen LogP contribution in [0, 0.1) is 23.7 Å². The minimum Gasteiger partial charge on any atom is -0.0533 e. The fraction of sp³-hybridized carbons (Fsp3) is 0.944. The summed E-state index contributed by atoms with van der Waals surface area (Å²) in [4.78, 5) is 0. The highest BCUT2D eigenvalue weighted by Crippen LogP contribution is 2.50. The SMILES string of the molecule is C1CCC([C]2CCCC2C2CCCCCC2)CC1. The van der Waals surface area contributed by atoms with Gasteiger partial charge in [0.25, 0.3) is 0 Å². The lowest BCUT2D eigenvalue weighted by molar-refractivity contribution is 0.259. The summed E-state index contributed by atoms with van der Waals surface area (Å²) < 4.78 is 0. The maximum Gasteiger partial charge on any atom is -0.0176 e. The molecule has 1 unspecified atom stereocenters. The van der Waals surface area contributed by atoms with Crippen LogP contribution in [0.5, 0.6) is 0 Å². The van der Waals surface area contributed by atoms with E-state index in [-0.39, 0.29) is 0 Å². The smallest absolute Gasteiger partial charge is 0.0176 e. The van der Waals surface area contributed by atoms with Gasteiger partial charge in [-0.1, -0.05) is 64.2 Å². The predicted octanol–water partition coefficient (Wildman–Crippen LogP) is 5.91. The molecule has 0 aromatic rings. The van der Waals surface area contributed by atoms with Gasteiger partial charge in [0.15, 0.2) is 0 Å². The lowest BCUT2D eigenvalue weighted by Crippen LogP contribution is -2.25. The maximum atomic E-state index is 2.06. The van der Waals surface area contributed by atoms with Gasteiger partial charge in [-0.3, -0.25) is 0 Å². The lowest BCUT2D eigenvalue weighted by atomic mass is 9.70. The molecule has 3 aliphatic carbocycles. The normalized spacial score (nSPS) is 33.7. The Morgan fingerprint density at radius 2 is 1.17 bits per heavy atom. The molecule has 0 heterocycles. The van der Waals surface area contributed by atoms with E-state index in [0.29, 0.717) is 0 Å². The van der Waals surface area contributed by atoms with Crippen molar-refractivity contribution >= 4 is 0 Å². The van der Waals surface area contributed by atoms with Gasteiger partial charge < -0.3 is 0 Å². The first-order valence-electron chi connectivity index (χ1n) is 8.81. The first-order chi connectivity index (χ1) is 8.95. The Labute approximate surface area is 114 Å². The molecule has 0 spiro atoms. The lowest BCUT2D eigenvalue weighted by Gasteiger charge is -2.35. The second-order valence-electron chi connectivity index (χ2n) is 7.16. The first kappa shape index (κ1) is 13.0. The van der Waals surface area contributed by atoms with Gasteiger partial charge in [-0.2, -0.15) is 0 Å². The first-order valence-corrected chi connectivity index (χ1v) is 8.81. The molecule has 1 radical (unpaired) electrons. The van der Waals surface area contributed by atoms with Gasteiger partial charge in [-0.25, -0.2) is 0 Å². The van der Waals surface area contributed by atoms with Crippen molar-refractivity contribution < 1.29 is 0 Å². The van der Waals surface area contributed by atoms with Gasteiger partial charge in [0, 0.05) is 0 Å². The molecular formula is C18H31. The average Bonchev–Trinajstić information content (AvgIpc) is 2.75. The van der Waals surface area contributed by atoms with Gasteiger partial charge in [0.05, 0.1) is 0 Å². The molecule has 0 N–H and O–H groups in total. The van der Waals surface area contributed by atoms with Crippen LogP contribution >= 0.6 is 0 Å². The van der Waals surface area contributed by atoms with E-state index in [1.165, 1.54) is 57.8 Å². The zero-order chi connectivity index (χ0) is 12.2. The Morgan fingerprint density at radius 3 is 1.89 bits per heavy atom. The van der Waals surface area contributed by atoms with Crippen LogP contribution in [0.1, 0.15) is 89.9 Å². The summed E-state index contributed by atoms with van der Waals surface area (Å²) in [6.45, 7) is 0. The molecule has 103 valence electrons. The molecule has 0 saturated heterocycles. The Morgan fingerprint density at radius 1 is 0.556 bits per heavy atom. The van der Waals surface area contributed by atoms with Crippen LogP contribution in [0.25, 0.3) is 0 Å². The van der Waals surface area contributed by atoms with Crippen molar-refractivity contribution in [2.45, 2.75) is 89.9 Å². The topological polar surface area (TPSA) is 0 Å². The Bertz CT molecular complexity index is 230. The second kappa shape index (κ2) is 6.44. The summed E-state index contributed by atoms with van der Waals surface area (Å²) in [5, 5.41) is 0. The van der Waals surface area contributed by atoms with Crippen molar-refractivity contribution in [1.82, 2.24) is 0 Å². The molecule has 0 aromatic carbocycles. The van der Waals surface area contributed by atoms with E-state index in [1.54, 1.807) is 32.1 Å². The summed E-state index contributed by atoms with van der Waals surface area (Å²) in [6, 6.07) is 0. The van der Waals surface area contributed by atoms with E-state index in [9.17, 15) is 0 Å². The average molecular weight is 247 g/mol. The van der Waals surface area contributed by atoms with Gasteiger partial charge in [-0.15, -0.1) is 0 Å². The molecule has 18 heavy (non-hydrogen) atoms. The Hall–Kier alpha value is 0. The van der Waals surface area contributed by atoms with Crippen molar-refractivity contribution in [2.24, 2.45) is 17.8 Å². The summed E-state index contributed by atoms with van der Waals surface area (Å²) in [5.74, 6) is 5.26. The molecule has 3 aliphatic rings. The maximum absolute atomic E-state index is 2.06. The molecule has 0 amide bonds. The molecule has 0 aliphatic heterocycles. The highest BCUT2D eigenvalue weighted by atomic mass is 14.4. The fourth-order valence-corrected chi connectivity index (χ4v) is 5.13. The third kappa shape index (κ3) is 2.94. The van der Waals surface area contributed by atoms with E-state index in [4.69, 9.17) is 0 Å². The third-order valence-electron chi connectivity index (χ3n) is 6.06. The van der Waals surface area contributed by atoms with Crippen LogP contribution < -0.4 is 0 Å². The van der Waals surface area contributed by atoms with Crippen molar-refractivity contribution in [3.8, 4) is 0 Å². The summed E-state index contributed by atoms with van der Waals surface area (Å²) >= 11 is 0. The van der Waals surface area contributed by atoms with Crippen molar-refractivity contribution in [3.05, 3.63) is 5.92 Å². The van der Waals surface area contributed by atoms with Gasteiger partial charge in [0.1, 0.15) is 0 Å². The number of hydrogen-bond acceptors (Lipinski definition) is 0. The molecule has 3 fully saturated rings. The standard InChI is InChI=1S/C18H31/c1-2-5-10-15(9-4-1)17-13-8-14-18(17)16-11-6-3-7-12-16/h15-17H,1-14H2. The van der Waals surface area contributed by atoms with E-state index in [0.717, 1.165) is 17.8 Å². The largest absolute Gasteiger partial charge is 0.0533 e. The molecule has 0 nitrogen and oxygen atoms in total. The molecule has 0 aromatic heterocycles. The second-order valence-corrected chi connectivity index (χ2v) is 7.16. The van der Waals surface area contributed by atoms with Crippen LogP contribution in [0.15, 0.2) is 0 Å². The minimum atomic E-state index is 1.05. The van der Waals surface area contributed by atoms with Crippen molar-refractivity contribution in [1.29, 1.82) is 0 Å². The summed E-state index contributed by atoms with van der Waals surface area (Å²) in [6.07, 6.45) is 21.4. The van der Waals surface area contributed by atoms with E-state index in [2.05, 4.69) is 5.92 Å².